The number of carbonyl (C=O) groups is 2. The number of hydrogen-bond acceptors (Lipinski definition) is 4. The van der Waals surface area contributed by atoms with Crippen molar-refractivity contribution in [1.82, 2.24) is 10.3 Å². The first-order valence-corrected chi connectivity index (χ1v) is 10.9. The van der Waals surface area contributed by atoms with E-state index in [2.05, 4.69) is 21.7 Å². The summed E-state index contributed by atoms with van der Waals surface area (Å²) in [4.78, 5) is 27.7. The molecule has 1 aromatic heterocycles. The first-order valence-electron chi connectivity index (χ1n) is 10.9. The highest BCUT2D eigenvalue weighted by molar-refractivity contribution is 5.97. The molecule has 3 N–H and O–H groups in total. The Morgan fingerprint density at radius 3 is 2.50 bits per heavy atom. The lowest BCUT2D eigenvalue weighted by Gasteiger charge is -2.22. The first-order chi connectivity index (χ1) is 16.5. The molecule has 0 spiro atoms. The molecule has 7 nitrogen and oxygen atoms in total. The molecule has 0 aliphatic rings. The molecule has 0 radical (unpaired) electrons. The maximum atomic E-state index is 13.0. The highest BCUT2D eigenvalue weighted by Gasteiger charge is 2.24. The van der Waals surface area contributed by atoms with Crippen molar-refractivity contribution >= 4 is 28.4 Å². The molecule has 1 heterocycles. The van der Waals surface area contributed by atoms with E-state index >= 15 is 0 Å². The predicted octanol–water partition coefficient (Wildman–Crippen LogP) is 4.71. The second kappa shape index (κ2) is 10.1. The molecule has 0 fully saturated rings. The van der Waals surface area contributed by atoms with E-state index < -0.39 is 0 Å². The third-order valence-corrected chi connectivity index (χ3v) is 5.72. The zero-order valence-corrected chi connectivity index (χ0v) is 19.3. The summed E-state index contributed by atoms with van der Waals surface area (Å²) in [5, 5.41) is 6.83. The summed E-state index contributed by atoms with van der Waals surface area (Å²) in [5.41, 5.74) is 3.98. The number of amides is 2. The van der Waals surface area contributed by atoms with Gasteiger partial charge in [0.2, 0.25) is 5.91 Å². The fourth-order valence-electron chi connectivity index (χ4n) is 4.19. The van der Waals surface area contributed by atoms with Gasteiger partial charge in [0.25, 0.3) is 5.91 Å². The summed E-state index contributed by atoms with van der Waals surface area (Å²) >= 11 is 0. The Labute approximate surface area is 198 Å². The lowest BCUT2D eigenvalue weighted by molar-refractivity contribution is -0.114. The van der Waals surface area contributed by atoms with Gasteiger partial charge >= 0.3 is 0 Å². The van der Waals surface area contributed by atoms with E-state index in [0.717, 1.165) is 22.0 Å². The lowest BCUT2D eigenvalue weighted by atomic mass is 9.89. The van der Waals surface area contributed by atoms with Gasteiger partial charge in [-0.1, -0.05) is 36.4 Å². The minimum absolute atomic E-state index is 0.193. The highest BCUT2D eigenvalue weighted by Crippen LogP contribution is 2.40. The van der Waals surface area contributed by atoms with Crippen LogP contribution in [0.2, 0.25) is 0 Å². The number of nitrogens with one attached hydrogen (secondary N) is 3. The van der Waals surface area contributed by atoms with Crippen molar-refractivity contribution in [1.29, 1.82) is 0 Å². The molecule has 4 rings (SSSR count). The smallest absolute Gasteiger partial charge is 0.251 e. The summed E-state index contributed by atoms with van der Waals surface area (Å²) in [6.07, 6.45) is 1.97. The third kappa shape index (κ3) is 4.73. The van der Waals surface area contributed by atoms with Crippen LogP contribution in [0.4, 0.5) is 5.69 Å². The summed E-state index contributed by atoms with van der Waals surface area (Å²) < 4.78 is 11.2. The molecule has 1 atom stereocenters. The van der Waals surface area contributed by atoms with Gasteiger partial charge in [0.15, 0.2) is 11.5 Å². The van der Waals surface area contributed by atoms with Gasteiger partial charge in [-0.25, -0.2) is 0 Å². The summed E-state index contributed by atoms with van der Waals surface area (Å²) in [5.74, 6) is 0.617. The number of hydrogen-bond donors (Lipinski definition) is 3. The van der Waals surface area contributed by atoms with Crippen molar-refractivity contribution < 1.29 is 19.1 Å². The average molecular weight is 458 g/mol. The normalized spacial score (nSPS) is 11.6. The van der Waals surface area contributed by atoms with Crippen molar-refractivity contribution in [3.05, 3.63) is 89.6 Å². The summed E-state index contributed by atoms with van der Waals surface area (Å²) in [6.45, 7) is 1.76. The van der Waals surface area contributed by atoms with Crippen LogP contribution in [0.1, 0.15) is 34.3 Å². The van der Waals surface area contributed by atoms with Crippen LogP contribution in [-0.4, -0.2) is 37.6 Å². The van der Waals surface area contributed by atoms with E-state index in [1.165, 1.54) is 6.92 Å². The number of aromatic nitrogens is 1. The second-order valence-electron chi connectivity index (χ2n) is 7.90. The standard InChI is InChI=1S/C27H27N3O4/c1-17(31)30-19-9-6-8-18(14-19)27(32)29-16-23(21-11-7-13-25(33-2)26(21)34-3)22-15-28-24-12-5-4-10-20(22)24/h4-15,23,28H,16H2,1-3H3,(H,29,32)(H,30,31). The van der Waals surface area contributed by atoms with Gasteiger partial charge in [-0.2, -0.15) is 0 Å². The van der Waals surface area contributed by atoms with Crippen molar-refractivity contribution in [3.8, 4) is 11.5 Å². The van der Waals surface area contributed by atoms with E-state index in [9.17, 15) is 9.59 Å². The quantitative estimate of drug-likeness (QED) is 0.357. The Morgan fingerprint density at radius 1 is 0.941 bits per heavy atom. The number of methoxy groups -OCH3 is 2. The Morgan fingerprint density at radius 2 is 1.74 bits per heavy atom. The number of carbonyl (C=O) groups excluding carboxylic acids is 2. The van der Waals surface area contributed by atoms with E-state index in [4.69, 9.17) is 9.47 Å². The van der Waals surface area contributed by atoms with Crippen molar-refractivity contribution in [3.63, 3.8) is 0 Å². The van der Waals surface area contributed by atoms with E-state index in [0.29, 0.717) is 29.3 Å². The number of H-pyrrole nitrogens is 1. The number of rotatable bonds is 8. The number of aromatic amines is 1. The SMILES string of the molecule is COc1cccc(C(CNC(=O)c2cccc(NC(C)=O)c2)c2c[nH]c3ccccc23)c1OC. The molecule has 3 aromatic carbocycles. The van der Waals surface area contributed by atoms with Crippen molar-refractivity contribution in [2.24, 2.45) is 0 Å². The van der Waals surface area contributed by atoms with Crippen LogP contribution in [0.5, 0.6) is 11.5 Å². The minimum Gasteiger partial charge on any atom is -0.493 e. The Kier molecular flexibility index (Phi) is 6.82. The largest absolute Gasteiger partial charge is 0.493 e. The van der Waals surface area contributed by atoms with E-state index in [1.807, 2.05) is 42.6 Å². The molecular formula is C27H27N3O4. The number of para-hydroxylation sites is 2. The number of fused-ring (bicyclic) bond motifs is 1. The Balaban J connectivity index is 1.69. The molecule has 1 unspecified atom stereocenters. The van der Waals surface area contributed by atoms with Crippen LogP contribution in [-0.2, 0) is 4.79 Å². The van der Waals surface area contributed by atoms with Crippen LogP contribution >= 0.6 is 0 Å². The van der Waals surface area contributed by atoms with Crippen LogP contribution in [0.3, 0.4) is 0 Å². The fraction of sp³-hybridized carbons (Fsp3) is 0.185. The zero-order valence-electron chi connectivity index (χ0n) is 19.3. The lowest BCUT2D eigenvalue weighted by Crippen LogP contribution is -2.29. The van der Waals surface area contributed by atoms with Gasteiger partial charge in [-0.05, 0) is 35.9 Å². The van der Waals surface area contributed by atoms with Crippen molar-refractivity contribution in [2.45, 2.75) is 12.8 Å². The summed E-state index contributed by atoms with van der Waals surface area (Å²) in [7, 11) is 3.21. The van der Waals surface area contributed by atoms with Crippen LogP contribution in [0, 0.1) is 0 Å². The molecule has 174 valence electrons. The summed E-state index contributed by atoms with van der Waals surface area (Å²) in [6, 6.07) is 20.6. The molecule has 0 saturated heterocycles. The highest BCUT2D eigenvalue weighted by atomic mass is 16.5. The van der Waals surface area contributed by atoms with Crippen LogP contribution < -0.4 is 20.1 Å². The van der Waals surface area contributed by atoms with E-state index in [1.54, 1.807) is 38.5 Å². The van der Waals surface area contributed by atoms with Crippen LogP contribution in [0.15, 0.2) is 72.9 Å². The number of anilines is 1. The number of benzene rings is 3. The first kappa shape index (κ1) is 22.9. The molecule has 0 bridgehead atoms. The Hall–Kier alpha value is -4.26. The van der Waals surface area contributed by atoms with Gasteiger partial charge in [-0.15, -0.1) is 0 Å². The van der Waals surface area contributed by atoms with Crippen molar-refractivity contribution in [2.75, 3.05) is 26.1 Å². The van der Waals surface area contributed by atoms with Gasteiger partial charge in [0, 0.05) is 53.3 Å². The van der Waals surface area contributed by atoms with E-state index in [-0.39, 0.29) is 17.7 Å². The second-order valence-corrected chi connectivity index (χ2v) is 7.90. The molecule has 34 heavy (non-hydrogen) atoms. The molecule has 4 aromatic rings. The topological polar surface area (TPSA) is 92.5 Å². The fourth-order valence-corrected chi connectivity index (χ4v) is 4.19. The zero-order chi connectivity index (χ0) is 24.1. The average Bonchev–Trinajstić information content (AvgIpc) is 3.27. The van der Waals surface area contributed by atoms with Crippen LogP contribution in [0.25, 0.3) is 10.9 Å². The molecule has 2 amide bonds. The monoisotopic (exact) mass is 457 g/mol. The Bertz CT molecular complexity index is 1330. The number of ether oxygens (including phenoxy) is 2. The molecule has 7 heteroatoms. The van der Waals surface area contributed by atoms with Gasteiger partial charge < -0.3 is 25.1 Å². The minimum atomic E-state index is -0.237. The van der Waals surface area contributed by atoms with Gasteiger partial charge in [0.1, 0.15) is 0 Å². The maximum absolute atomic E-state index is 13.0. The molecule has 0 aliphatic carbocycles. The van der Waals surface area contributed by atoms with Gasteiger partial charge in [-0.3, -0.25) is 9.59 Å². The van der Waals surface area contributed by atoms with Gasteiger partial charge in [0.05, 0.1) is 14.2 Å². The molecule has 0 saturated carbocycles. The third-order valence-electron chi connectivity index (χ3n) is 5.72. The molecular weight excluding hydrogens is 430 g/mol. The maximum Gasteiger partial charge on any atom is 0.251 e. The molecule has 0 aliphatic heterocycles. The predicted molar refractivity (Wildman–Crippen MR) is 133 cm³/mol.